The first kappa shape index (κ1) is 15.0. The molecule has 0 radical (unpaired) electrons. The maximum atomic E-state index is 12.4. The summed E-state index contributed by atoms with van der Waals surface area (Å²) in [5, 5.41) is 8.89. The van der Waals surface area contributed by atoms with Crippen LogP contribution in [-0.2, 0) is 4.74 Å². The molecule has 0 saturated carbocycles. The zero-order valence-corrected chi connectivity index (χ0v) is 11.8. The number of carbonyl (C=O) groups is 1. The number of rotatable bonds is 4. The second kappa shape index (κ2) is 6.88. The number of aliphatic hydroxyl groups excluding tert-OH is 1. The van der Waals surface area contributed by atoms with Gasteiger partial charge >= 0.3 is 0 Å². The van der Waals surface area contributed by atoms with Gasteiger partial charge < -0.3 is 20.5 Å². The molecule has 1 amide bonds. The molecular formula is C13H18ClN3O3. The molecule has 1 aliphatic rings. The summed E-state index contributed by atoms with van der Waals surface area (Å²) in [7, 11) is 0. The van der Waals surface area contributed by atoms with Crippen molar-refractivity contribution in [2.24, 2.45) is 0 Å². The number of nitrogen functional groups attached to an aromatic ring is 1. The third-order valence-electron chi connectivity index (χ3n) is 3.26. The molecule has 0 aliphatic carbocycles. The Hall–Kier alpha value is -1.37. The highest BCUT2D eigenvalue weighted by atomic mass is 35.5. The number of piperidine rings is 1. The van der Waals surface area contributed by atoms with Gasteiger partial charge in [0, 0.05) is 13.1 Å². The van der Waals surface area contributed by atoms with Crippen molar-refractivity contribution in [1.82, 2.24) is 9.88 Å². The highest BCUT2D eigenvalue weighted by Gasteiger charge is 2.25. The van der Waals surface area contributed by atoms with Crippen LogP contribution in [-0.4, -0.2) is 53.3 Å². The average molecular weight is 300 g/mol. The van der Waals surface area contributed by atoms with Crippen LogP contribution in [0.15, 0.2) is 12.3 Å². The standard InChI is InChI=1S/C13H18ClN3O3/c14-12-11(7-9(15)8-16-12)13(19)17-3-1-10(2-4-17)20-6-5-18/h7-8,10,18H,1-6,15H2. The molecule has 1 saturated heterocycles. The first-order valence-electron chi connectivity index (χ1n) is 6.54. The molecule has 6 nitrogen and oxygen atoms in total. The number of nitrogens with two attached hydrogens (primary N) is 1. The maximum absolute atomic E-state index is 12.4. The van der Waals surface area contributed by atoms with E-state index in [1.165, 1.54) is 6.20 Å². The van der Waals surface area contributed by atoms with Gasteiger partial charge in [0.2, 0.25) is 0 Å². The van der Waals surface area contributed by atoms with Gasteiger partial charge in [-0.2, -0.15) is 0 Å². The van der Waals surface area contributed by atoms with E-state index in [1.807, 2.05) is 0 Å². The van der Waals surface area contributed by atoms with Crippen LogP contribution in [0.3, 0.4) is 0 Å². The van der Waals surface area contributed by atoms with Crippen molar-refractivity contribution in [2.45, 2.75) is 18.9 Å². The normalized spacial score (nSPS) is 16.4. The van der Waals surface area contributed by atoms with Crippen molar-refractivity contribution in [3.63, 3.8) is 0 Å². The van der Waals surface area contributed by atoms with Crippen LogP contribution < -0.4 is 5.73 Å². The highest BCUT2D eigenvalue weighted by Crippen LogP contribution is 2.21. The van der Waals surface area contributed by atoms with E-state index in [0.717, 1.165) is 12.8 Å². The van der Waals surface area contributed by atoms with Crippen LogP contribution in [0, 0.1) is 0 Å². The third kappa shape index (κ3) is 3.59. The molecule has 0 atom stereocenters. The minimum absolute atomic E-state index is 0.0176. The van der Waals surface area contributed by atoms with Crippen LogP contribution in [0.5, 0.6) is 0 Å². The molecule has 1 aromatic heterocycles. The van der Waals surface area contributed by atoms with Gasteiger partial charge in [-0.1, -0.05) is 11.6 Å². The summed E-state index contributed by atoms with van der Waals surface area (Å²) in [6.45, 7) is 1.55. The van der Waals surface area contributed by atoms with Gasteiger partial charge in [-0.05, 0) is 18.9 Å². The Balaban J connectivity index is 1.96. The van der Waals surface area contributed by atoms with Crippen molar-refractivity contribution in [2.75, 3.05) is 32.0 Å². The number of aliphatic hydroxyl groups is 1. The average Bonchev–Trinajstić information content (AvgIpc) is 2.47. The van der Waals surface area contributed by atoms with E-state index in [-0.39, 0.29) is 23.8 Å². The summed E-state index contributed by atoms with van der Waals surface area (Å²) in [5.41, 5.74) is 6.39. The molecule has 0 bridgehead atoms. The molecule has 110 valence electrons. The summed E-state index contributed by atoms with van der Waals surface area (Å²) >= 11 is 5.94. The molecule has 0 aromatic carbocycles. The van der Waals surface area contributed by atoms with Crippen molar-refractivity contribution in [3.05, 3.63) is 23.0 Å². The molecule has 2 rings (SSSR count). The predicted octanol–water partition coefficient (Wildman–Crippen LogP) is 0.931. The molecule has 3 N–H and O–H groups in total. The number of carbonyl (C=O) groups excluding carboxylic acids is 1. The maximum Gasteiger partial charge on any atom is 0.257 e. The largest absolute Gasteiger partial charge is 0.397 e. The van der Waals surface area contributed by atoms with Crippen molar-refractivity contribution < 1.29 is 14.6 Å². The number of ether oxygens (including phenoxy) is 1. The lowest BCUT2D eigenvalue weighted by atomic mass is 10.1. The Morgan fingerprint density at radius 3 is 2.90 bits per heavy atom. The second-order valence-corrected chi connectivity index (χ2v) is 5.05. The summed E-state index contributed by atoms with van der Waals surface area (Å²) < 4.78 is 5.46. The number of halogens is 1. The van der Waals surface area contributed by atoms with Crippen LogP contribution in [0.4, 0.5) is 5.69 Å². The lowest BCUT2D eigenvalue weighted by Gasteiger charge is -2.32. The van der Waals surface area contributed by atoms with Crippen molar-refractivity contribution in [3.8, 4) is 0 Å². The Kier molecular flexibility index (Phi) is 5.17. The number of anilines is 1. The minimum atomic E-state index is -0.157. The fraction of sp³-hybridized carbons (Fsp3) is 0.538. The lowest BCUT2D eigenvalue weighted by Crippen LogP contribution is -2.41. The van der Waals surface area contributed by atoms with Gasteiger partial charge in [-0.3, -0.25) is 4.79 Å². The first-order chi connectivity index (χ1) is 9.61. The number of nitrogens with zero attached hydrogens (tertiary/aromatic N) is 2. The Morgan fingerprint density at radius 2 is 2.25 bits per heavy atom. The van der Waals surface area contributed by atoms with Crippen LogP contribution in [0.25, 0.3) is 0 Å². The van der Waals surface area contributed by atoms with Gasteiger partial charge in [0.25, 0.3) is 5.91 Å². The number of hydrogen-bond acceptors (Lipinski definition) is 5. The van der Waals surface area contributed by atoms with Crippen LogP contribution in [0.1, 0.15) is 23.2 Å². The molecular weight excluding hydrogens is 282 g/mol. The van der Waals surface area contributed by atoms with E-state index in [1.54, 1.807) is 11.0 Å². The van der Waals surface area contributed by atoms with Gasteiger partial charge in [-0.15, -0.1) is 0 Å². The zero-order chi connectivity index (χ0) is 14.5. The third-order valence-corrected chi connectivity index (χ3v) is 3.57. The molecule has 20 heavy (non-hydrogen) atoms. The van der Waals surface area contributed by atoms with Crippen LogP contribution in [0.2, 0.25) is 5.15 Å². The van der Waals surface area contributed by atoms with Gasteiger partial charge in [0.1, 0.15) is 5.15 Å². The molecule has 0 unspecified atom stereocenters. The van der Waals surface area contributed by atoms with E-state index in [9.17, 15) is 4.79 Å². The Morgan fingerprint density at radius 1 is 1.55 bits per heavy atom. The van der Waals surface area contributed by atoms with Crippen molar-refractivity contribution in [1.29, 1.82) is 0 Å². The Bertz CT molecular complexity index is 476. The first-order valence-corrected chi connectivity index (χ1v) is 6.92. The van der Waals surface area contributed by atoms with Gasteiger partial charge in [-0.25, -0.2) is 4.98 Å². The molecule has 2 heterocycles. The topological polar surface area (TPSA) is 88.7 Å². The van der Waals surface area contributed by atoms with Gasteiger partial charge in [0.05, 0.1) is 36.8 Å². The summed E-state index contributed by atoms with van der Waals surface area (Å²) in [6.07, 6.45) is 3.02. The van der Waals surface area contributed by atoms with E-state index in [0.29, 0.717) is 30.9 Å². The van der Waals surface area contributed by atoms with E-state index in [4.69, 9.17) is 27.2 Å². The molecule has 1 fully saturated rings. The monoisotopic (exact) mass is 299 g/mol. The van der Waals surface area contributed by atoms with Crippen molar-refractivity contribution >= 4 is 23.2 Å². The lowest BCUT2D eigenvalue weighted by molar-refractivity contribution is -0.00554. The highest BCUT2D eigenvalue weighted by molar-refractivity contribution is 6.32. The second-order valence-electron chi connectivity index (χ2n) is 4.69. The SMILES string of the molecule is Nc1cnc(Cl)c(C(=O)N2CCC(OCCO)CC2)c1. The molecule has 1 aromatic rings. The fourth-order valence-corrected chi connectivity index (χ4v) is 2.41. The molecule has 0 spiro atoms. The van der Waals surface area contributed by atoms with E-state index in [2.05, 4.69) is 4.98 Å². The number of aromatic nitrogens is 1. The number of likely N-dealkylation sites (tertiary alicyclic amines) is 1. The molecule has 1 aliphatic heterocycles. The number of hydrogen-bond donors (Lipinski definition) is 2. The summed E-state index contributed by atoms with van der Waals surface area (Å²) in [4.78, 5) is 18.0. The summed E-state index contributed by atoms with van der Waals surface area (Å²) in [5.74, 6) is -0.157. The van der Waals surface area contributed by atoms with E-state index >= 15 is 0 Å². The zero-order valence-electron chi connectivity index (χ0n) is 11.1. The number of amides is 1. The minimum Gasteiger partial charge on any atom is -0.397 e. The Labute approximate surface area is 122 Å². The predicted molar refractivity (Wildman–Crippen MR) is 75.6 cm³/mol. The molecule has 7 heteroatoms. The summed E-state index contributed by atoms with van der Waals surface area (Å²) in [6, 6.07) is 1.55. The smallest absolute Gasteiger partial charge is 0.257 e. The van der Waals surface area contributed by atoms with Crippen LogP contribution >= 0.6 is 11.6 Å². The van der Waals surface area contributed by atoms with E-state index < -0.39 is 0 Å². The quantitative estimate of drug-likeness (QED) is 0.808. The fourth-order valence-electron chi connectivity index (χ4n) is 2.23. The number of pyridine rings is 1. The van der Waals surface area contributed by atoms with Gasteiger partial charge in [0.15, 0.2) is 0 Å².